The molecule has 0 amide bonds. The number of hydrazone groups is 1. The highest BCUT2D eigenvalue weighted by Crippen LogP contribution is 2.29. The van der Waals surface area contributed by atoms with Crippen molar-refractivity contribution < 1.29 is 0 Å². The molecule has 0 bridgehead atoms. The van der Waals surface area contributed by atoms with Gasteiger partial charge in [-0.1, -0.05) is 84.9 Å². The zero-order chi connectivity index (χ0) is 18.8. The normalized spacial score (nSPS) is 16.4. The van der Waals surface area contributed by atoms with Crippen LogP contribution >= 0.6 is 0 Å². The van der Waals surface area contributed by atoms with E-state index in [-0.39, 0.29) is 0 Å². The van der Waals surface area contributed by atoms with Crippen molar-refractivity contribution in [1.29, 1.82) is 0 Å². The Labute approximate surface area is 165 Å². The second-order valence-electron chi connectivity index (χ2n) is 7.34. The lowest BCUT2D eigenvalue weighted by atomic mass is 9.97. The Balaban J connectivity index is 1.51. The fraction of sp³-hybridized carbons (Fsp3) is 0.115. The van der Waals surface area contributed by atoms with E-state index in [4.69, 9.17) is 5.10 Å². The standard InChI is InChI=1S/C26H22N2/c1-3-9-20(10-4-1)17-25-19-26(27-28(25)24-13-5-2-6-14-24)23-16-15-21-11-7-8-12-22(21)18-23/h1-16,18,25H,17,19H2. The van der Waals surface area contributed by atoms with Gasteiger partial charge in [0.1, 0.15) is 0 Å². The SMILES string of the molecule is c1ccc(CC2CC(c3ccc4ccccc4c3)=NN2c2ccccc2)cc1. The van der Waals surface area contributed by atoms with Gasteiger partial charge in [0, 0.05) is 6.42 Å². The molecule has 0 saturated carbocycles. The zero-order valence-corrected chi connectivity index (χ0v) is 15.7. The Kier molecular flexibility index (Phi) is 4.38. The largest absolute Gasteiger partial charge is 0.261 e. The topological polar surface area (TPSA) is 15.6 Å². The van der Waals surface area contributed by atoms with Gasteiger partial charge in [0.05, 0.1) is 17.4 Å². The molecule has 2 heteroatoms. The molecule has 136 valence electrons. The zero-order valence-electron chi connectivity index (χ0n) is 15.7. The maximum Gasteiger partial charge on any atom is 0.0703 e. The molecule has 0 spiro atoms. The van der Waals surface area contributed by atoms with E-state index in [1.54, 1.807) is 0 Å². The van der Waals surface area contributed by atoms with Gasteiger partial charge in [-0.25, -0.2) is 0 Å². The molecule has 0 N–H and O–H groups in total. The number of benzene rings is 4. The first-order valence-corrected chi connectivity index (χ1v) is 9.82. The smallest absolute Gasteiger partial charge is 0.0703 e. The summed E-state index contributed by atoms with van der Waals surface area (Å²) in [6.07, 6.45) is 1.93. The van der Waals surface area contributed by atoms with Crippen molar-refractivity contribution in [3.8, 4) is 0 Å². The van der Waals surface area contributed by atoms with Crippen LogP contribution in [0.4, 0.5) is 5.69 Å². The number of para-hydroxylation sites is 1. The second-order valence-corrected chi connectivity index (χ2v) is 7.34. The fourth-order valence-corrected chi connectivity index (χ4v) is 4.00. The molecule has 0 aromatic heterocycles. The average molecular weight is 362 g/mol. The third-order valence-corrected chi connectivity index (χ3v) is 5.42. The molecule has 0 fully saturated rings. The van der Waals surface area contributed by atoms with Crippen molar-refractivity contribution in [3.63, 3.8) is 0 Å². The van der Waals surface area contributed by atoms with Crippen LogP contribution < -0.4 is 5.01 Å². The van der Waals surface area contributed by atoms with E-state index in [0.29, 0.717) is 6.04 Å². The highest BCUT2D eigenvalue weighted by Gasteiger charge is 2.28. The van der Waals surface area contributed by atoms with Crippen LogP contribution in [0.2, 0.25) is 0 Å². The van der Waals surface area contributed by atoms with Crippen molar-refractivity contribution in [1.82, 2.24) is 0 Å². The molecule has 2 nitrogen and oxygen atoms in total. The number of rotatable bonds is 4. The van der Waals surface area contributed by atoms with E-state index < -0.39 is 0 Å². The van der Waals surface area contributed by atoms with Crippen LogP contribution in [0.1, 0.15) is 17.5 Å². The van der Waals surface area contributed by atoms with Gasteiger partial charge >= 0.3 is 0 Å². The maximum atomic E-state index is 5.06. The van der Waals surface area contributed by atoms with Crippen molar-refractivity contribution in [2.75, 3.05) is 5.01 Å². The number of nitrogens with zero attached hydrogens (tertiary/aromatic N) is 2. The second kappa shape index (κ2) is 7.32. The van der Waals surface area contributed by atoms with Gasteiger partial charge in [-0.2, -0.15) is 5.10 Å². The number of hydrogen-bond acceptors (Lipinski definition) is 2. The quantitative estimate of drug-likeness (QED) is 0.430. The number of hydrogen-bond donors (Lipinski definition) is 0. The van der Waals surface area contributed by atoms with E-state index in [9.17, 15) is 0 Å². The molecule has 0 saturated heterocycles. The summed E-state index contributed by atoms with van der Waals surface area (Å²) in [5.41, 5.74) is 4.88. The van der Waals surface area contributed by atoms with Crippen LogP contribution in [0.3, 0.4) is 0 Å². The molecular weight excluding hydrogens is 340 g/mol. The van der Waals surface area contributed by atoms with Crippen molar-refractivity contribution in [2.24, 2.45) is 5.10 Å². The predicted octanol–water partition coefficient (Wildman–Crippen LogP) is 6.07. The minimum Gasteiger partial charge on any atom is -0.261 e. The molecule has 1 aliphatic rings. The molecule has 0 radical (unpaired) electrons. The van der Waals surface area contributed by atoms with Crippen molar-refractivity contribution >= 4 is 22.2 Å². The Morgan fingerprint density at radius 1 is 0.714 bits per heavy atom. The summed E-state index contributed by atoms with van der Waals surface area (Å²) in [5, 5.41) is 9.80. The molecule has 4 aromatic rings. The van der Waals surface area contributed by atoms with Crippen LogP contribution in [-0.2, 0) is 6.42 Å². The van der Waals surface area contributed by atoms with Crippen molar-refractivity contribution in [2.45, 2.75) is 18.9 Å². The Hall–Kier alpha value is -3.39. The molecule has 4 aromatic carbocycles. The lowest BCUT2D eigenvalue weighted by Gasteiger charge is -2.23. The lowest BCUT2D eigenvalue weighted by molar-refractivity contribution is 0.657. The Morgan fingerprint density at radius 2 is 1.39 bits per heavy atom. The Bertz CT molecular complexity index is 1120. The van der Waals surface area contributed by atoms with E-state index in [1.807, 2.05) is 0 Å². The maximum absolute atomic E-state index is 5.06. The molecule has 1 heterocycles. The monoisotopic (exact) mass is 362 g/mol. The molecule has 28 heavy (non-hydrogen) atoms. The highest BCUT2D eigenvalue weighted by atomic mass is 15.5. The van der Waals surface area contributed by atoms with Gasteiger partial charge in [0.25, 0.3) is 0 Å². The van der Waals surface area contributed by atoms with Gasteiger partial charge in [0.2, 0.25) is 0 Å². The van der Waals surface area contributed by atoms with Gasteiger partial charge < -0.3 is 0 Å². The third kappa shape index (κ3) is 3.29. The van der Waals surface area contributed by atoms with Gasteiger partial charge in [-0.3, -0.25) is 5.01 Å². The van der Waals surface area contributed by atoms with E-state index in [1.165, 1.54) is 21.9 Å². The Morgan fingerprint density at radius 3 is 2.18 bits per heavy atom. The summed E-state index contributed by atoms with van der Waals surface area (Å²) in [4.78, 5) is 0. The van der Waals surface area contributed by atoms with Gasteiger partial charge in [0.15, 0.2) is 0 Å². The predicted molar refractivity (Wildman–Crippen MR) is 118 cm³/mol. The van der Waals surface area contributed by atoms with Gasteiger partial charge in [-0.05, 0) is 46.5 Å². The van der Waals surface area contributed by atoms with E-state index in [0.717, 1.165) is 24.2 Å². The fourth-order valence-electron chi connectivity index (χ4n) is 4.00. The molecular formula is C26H22N2. The van der Waals surface area contributed by atoms with Crippen molar-refractivity contribution in [3.05, 3.63) is 114 Å². The minimum atomic E-state index is 0.325. The van der Waals surface area contributed by atoms with E-state index >= 15 is 0 Å². The summed E-state index contributed by atoms with van der Waals surface area (Å²) in [6.45, 7) is 0. The average Bonchev–Trinajstić information content (AvgIpc) is 3.18. The first-order valence-electron chi connectivity index (χ1n) is 9.82. The molecule has 1 unspecified atom stereocenters. The number of anilines is 1. The molecule has 1 aliphatic heterocycles. The van der Waals surface area contributed by atoms with Gasteiger partial charge in [-0.15, -0.1) is 0 Å². The number of fused-ring (bicyclic) bond motifs is 1. The molecule has 0 aliphatic carbocycles. The lowest BCUT2D eigenvalue weighted by Crippen LogP contribution is -2.28. The summed E-state index contributed by atoms with van der Waals surface area (Å²) < 4.78 is 0. The summed E-state index contributed by atoms with van der Waals surface area (Å²) in [7, 11) is 0. The van der Waals surface area contributed by atoms with Crippen LogP contribution in [0.15, 0.2) is 108 Å². The third-order valence-electron chi connectivity index (χ3n) is 5.42. The summed E-state index contributed by atoms with van der Waals surface area (Å²) >= 11 is 0. The highest BCUT2D eigenvalue weighted by molar-refractivity contribution is 6.05. The first-order chi connectivity index (χ1) is 13.9. The molecule has 1 atom stereocenters. The molecule has 5 rings (SSSR count). The summed E-state index contributed by atoms with van der Waals surface area (Å²) in [5.74, 6) is 0. The van der Waals surface area contributed by atoms with Crippen LogP contribution in [0, 0.1) is 0 Å². The summed E-state index contributed by atoms with van der Waals surface area (Å²) in [6, 6.07) is 36.7. The van der Waals surface area contributed by atoms with Crippen LogP contribution in [0.25, 0.3) is 10.8 Å². The van der Waals surface area contributed by atoms with Crippen LogP contribution in [0.5, 0.6) is 0 Å². The van der Waals surface area contributed by atoms with E-state index in [2.05, 4.69) is 108 Å². The first kappa shape index (κ1) is 16.8. The minimum absolute atomic E-state index is 0.325. The van der Waals surface area contributed by atoms with Crippen LogP contribution in [-0.4, -0.2) is 11.8 Å².